The molecule has 6 heteroatoms. The van der Waals surface area contributed by atoms with Gasteiger partial charge in [-0.05, 0) is 37.3 Å². The third-order valence-corrected chi connectivity index (χ3v) is 3.62. The molecule has 0 bridgehead atoms. The highest BCUT2D eigenvalue weighted by Crippen LogP contribution is 2.09. The number of nitrogens with one attached hydrogen (secondary N) is 1. The summed E-state index contributed by atoms with van der Waals surface area (Å²) in [6, 6.07) is -0.327. The van der Waals surface area contributed by atoms with Crippen molar-refractivity contribution >= 4 is 5.97 Å². The third kappa shape index (κ3) is 9.79. The zero-order valence-electron chi connectivity index (χ0n) is 13.1. The minimum absolute atomic E-state index is 0.327. The standard InChI is InChI=1S/C15H29NO5/c1-2-3-4-5-6-7-9-12-16-14-11-8-10-13-18-20-21-19-15(14)17/h14,16H,2-13H2,1H3. The Hall–Kier alpha value is -0.690. The van der Waals surface area contributed by atoms with Crippen LogP contribution in [-0.2, 0) is 24.6 Å². The third-order valence-electron chi connectivity index (χ3n) is 3.62. The van der Waals surface area contributed by atoms with Crippen molar-refractivity contribution in [3.8, 4) is 0 Å². The van der Waals surface area contributed by atoms with Gasteiger partial charge in [0, 0.05) is 5.04 Å². The van der Waals surface area contributed by atoms with Crippen LogP contribution in [0.15, 0.2) is 0 Å². The smallest absolute Gasteiger partial charge is 0.304 e. The number of carbonyl (C=O) groups excluding carboxylic acids is 1. The second kappa shape index (κ2) is 13.0. The van der Waals surface area contributed by atoms with E-state index in [0.717, 1.165) is 32.2 Å². The van der Waals surface area contributed by atoms with Crippen molar-refractivity contribution in [1.29, 1.82) is 0 Å². The van der Waals surface area contributed by atoms with Gasteiger partial charge >= 0.3 is 5.97 Å². The molecule has 0 radical (unpaired) electrons. The highest BCUT2D eigenvalue weighted by Gasteiger charge is 2.21. The van der Waals surface area contributed by atoms with Gasteiger partial charge in [-0.1, -0.05) is 45.4 Å². The van der Waals surface area contributed by atoms with Gasteiger partial charge in [-0.15, -0.1) is 0 Å². The zero-order chi connectivity index (χ0) is 15.2. The molecule has 1 N–H and O–H groups in total. The van der Waals surface area contributed by atoms with Gasteiger partial charge in [-0.25, -0.2) is 9.68 Å². The molecule has 0 saturated carbocycles. The number of rotatable bonds is 9. The molecule has 1 aliphatic heterocycles. The summed E-state index contributed by atoms with van der Waals surface area (Å²) in [5, 5.41) is 11.7. The lowest BCUT2D eigenvalue weighted by atomic mass is 10.1. The fourth-order valence-corrected chi connectivity index (χ4v) is 2.33. The quantitative estimate of drug-likeness (QED) is 0.521. The van der Waals surface area contributed by atoms with E-state index in [-0.39, 0.29) is 6.04 Å². The summed E-state index contributed by atoms with van der Waals surface area (Å²) in [6.45, 7) is 3.48. The Labute approximate surface area is 127 Å². The van der Waals surface area contributed by atoms with Gasteiger partial charge in [-0.2, -0.15) is 0 Å². The second-order valence-electron chi connectivity index (χ2n) is 5.48. The van der Waals surface area contributed by atoms with Crippen LogP contribution < -0.4 is 5.32 Å². The average molecular weight is 303 g/mol. The average Bonchev–Trinajstić information content (AvgIpc) is 2.50. The second-order valence-corrected chi connectivity index (χ2v) is 5.48. The van der Waals surface area contributed by atoms with Crippen LogP contribution in [0.2, 0.25) is 0 Å². The summed E-state index contributed by atoms with van der Waals surface area (Å²) in [5.74, 6) is -0.455. The van der Waals surface area contributed by atoms with Gasteiger partial charge in [0.15, 0.2) is 0 Å². The molecule has 6 nitrogen and oxygen atoms in total. The molecule has 0 aliphatic carbocycles. The Balaban J connectivity index is 2.08. The van der Waals surface area contributed by atoms with Crippen LogP contribution in [0.3, 0.4) is 0 Å². The van der Waals surface area contributed by atoms with Crippen molar-refractivity contribution in [2.45, 2.75) is 77.2 Å². The van der Waals surface area contributed by atoms with Crippen LogP contribution >= 0.6 is 0 Å². The molecule has 1 rings (SSSR count). The van der Waals surface area contributed by atoms with Gasteiger partial charge in [0.2, 0.25) is 0 Å². The summed E-state index contributed by atoms with van der Waals surface area (Å²) in [5.41, 5.74) is 0. The molecule has 1 aliphatic rings. The summed E-state index contributed by atoms with van der Waals surface area (Å²) < 4.78 is 0. The fraction of sp³-hybridized carbons (Fsp3) is 0.933. The molecule has 21 heavy (non-hydrogen) atoms. The lowest BCUT2D eigenvalue weighted by molar-refractivity contribution is -0.618. The fourth-order valence-electron chi connectivity index (χ4n) is 2.33. The first kappa shape index (κ1) is 18.4. The van der Waals surface area contributed by atoms with Crippen molar-refractivity contribution in [2.24, 2.45) is 0 Å². The topological polar surface area (TPSA) is 66.0 Å². The van der Waals surface area contributed by atoms with E-state index in [9.17, 15) is 4.79 Å². The molecular formula is C15H29NO5. The first-order valence-electron chi connectivity index (χ1n) is 8.24. The van der Waals surface area contributed by atoms with Crippen LogP contribution in [-0.4, -0.2) is 25.2 Å². The maximum Gasteiger partial charge on any atom is 0.362 e. The predicted molar refractivity (Wildman–Crippen MR) is 77.8 cm³/mol. The maximum atomic E-state index is 11.7. The van der Waals surface area contributed by atoms with Gasteiger partial charge in [0.1, 0.15) is 6.04 Å². The first-order chi connectivity index (χ1) is 10.3. The molecule has 0 aromatic heterocycles. The molecule has 0 spiro atoms. The van der Waals surface area contributed by atoms with Gasteiger partial charge < -0.3 is 5.32 Å². The number of carbonyl (C=O) groups is 1. The van der Waals surface area contributed by atoms with E-state index in [2.05, 4.69) is 32.1 Å². The highest BCUT2D eigenvalue weighted by atomic mass is 17.7. The van der Waals surface area contributed by atoms with Crippen LogP contribution in [0.5, 0.6) is 0 Å². The van der Waals surface area contributed by atoms with Crippen molar-refractivity contribution < 1.29 is 24.6 Å². The molecule has 1 heterocycles. The Morgan fingerprint density at radius 2 is 1.81 bits per heavy atom. The Morgan fingerprint density at radius 3 is 2.62 bits per heavy atom. The van der Waals surface area contributed by atoms with E-state index in [0.29, 0.717) is 6.61 Å². The van der Waals surface area contributed by atoms with Crippen molar-refractivity contribution in [3.05, 3.63) is 0 Å². The van der Waals surface area contributed by atoms with Crippen LogP contribution in [0, 0.1) is 0 Å². The van der Waals surface area contributed by atoms with Gasteiger partial charge in [-0.3, -0.25) is 4.89 Å². The maximum absolute atomic E-state index is 11.7. The SMILES string of the molecule is CCCCCCCCCNC1CCCCOOOOC1=O. The van der Waals surface area contributed by atoms with E-state index < -0.39 is 5.97 Å². The van der Waals surface area contributed by atoms with E-state index in [4.69, 9.17) is 0 Å². The molecule has 1 saturated heterocycles. The molecule has 0 amide bonds. The van der Waals surface area contributed by atoms with Crippen molar-refractivity contribution in [2.75, 3.05) is 13.2 Å². The van der Waals surface area contributed by atoms with E-state index >= 15 is 0 Å². The predicted octanol–water partition coefficient (Wildman–Crippen LogP) is 3.22. The van der Waals surface area contributed by atoms with Crippen LogP contribution in [0.1, 0.15) is 71.1 Å². The molecule has 0 aromatic rings. The Morgan fingerprint density at radius 1 is 1.05 bits per heavy atom. The molecule has 1 fully saturated rings. The van der Waals surface area contributed by atoms with Crippen molar-refractivity contribution in [3.63, 3.8) is 0 Å². The number of hydrogen-bond acceptors (Lipinski definition) is 6. The molecule has 1 unspecified atom stereocenters. The van der Waals surface area contributed by atoms with Crippen molar-refractivity contribution in [1.82, 2.24) is 5.32 Å². The van der Waals surface area contributed by atoms with Crippen LogP contribution in [0.25, 0.3) is 0 Å². The molecule has 1 atom stereocenters. The van der Waals surface area contributed by atoms with Gasteiger partial charge in [0.25, 0.3) is 0 Å². The van der Waals surface area contributed by atoms with Gasteiger partial charge in [0.05, 0.1) is 6.61 Å². The lowest BCUT2D eigenvalue weighted by Crippen LogP contribution is -2.39. The zero-order valence-corrected chi connectivity index (χ0v) is 13.1. The Kier molecular flexibility index (Phi) is 11.4. The van der Waals surface area contributed by atoms with E-state index in [1.807, 2.05) is 0 Å². The largest absolute Gasteiger partial charge is 0.362 e. The Bertz CT molecular complexity index is 262. The van der Waals surface area contributed by atoms with E-state index in [1.54, 1.807) is 0 Å². The first-order valence-corrected chi connectivity index (χ1v) is 8.24. The monoisotopic (exact) mass is 303 g/mol. The molecule has 0 aromatic carbocycles. The minimum atomic E-state index is -0.455. The summed E-state index contributed by atoms with van der Waals surface area (Å²) in [7, 11) is 0. The molecule has 124 valence electrons. The van der Waals surface area contributed by atoms with E-state index in [1.165, 1.54) is 38.5 Å². The number of hydrogen-bond donors (Lipinski definition) is 1. The highest BCUT2D eigenvalue weighted by molar-refractivity contribution is 5.75. The summed E-state index contributed by atoms with van der Waals surface area (Å²) >= 11 is 0. The lowest BCUT2D eigenvalue weighted by Gasteiger charge is -2.17. The molecular weight excluding hydrogens is 274 g/mol. The number of unbranched alkanes of at least 4 members (excludes halogenated alkanes) is 6. The van der Waals surface area contributed by atoms with Crippen LogP contribution in [0.4, 0.5) is 0 Å². The summed E-state index contributed by atoms with van der Waals surface area (Å²) in [6.07, 6.45) is 11.2. The minimum Gasteiger partial charge on any atom is -0.304 e. The normalized spacial score (nSPS) is 21.0. The summed E-state index contributed by atoms with van der Waals surface area (Å²) in [4.78, 5) is 20.9.